The monoisotopic (exact) mass is 262 g/mol. The molecule has 0 unspecified atom stereocenters. The number of hydrogen-bond acceptors (Lipinski definition) is 5. The Morgan fingerprint density at radius 1 is 1.44 bits per heavy atom. The number of ketones is 1. The maximum atomic E-state index is 12.0. The van der Waals surface area contributed by atoms with Gasteiger partial charge in [-0.1, -0.05) is 18.0 Å². The molecule has 0 bridgehead atoms. The van der Waals surface area contributed by atoms with Crippen LogP contribution in [0.3, 0.4) is 0 Å². The van der Waals surface area contributed by atoms with E-state index in [0.29, 0.717) is 11.7 Å². The van der Waals surface area contributed by atoms with Gasteiger partial charge in [-0.05, 0) is 24.3 Å². The van der Waals surface area contributed by atoms with Gasteiger partial charge in [-0.3, -0.25) is 4.79 Å². The topological polar surface area (TPSA) is 56.0 Å². The third-order valence-electron chi connectivity index (χ3n) is 3.38. The summed E-state index contributed by atoms with van der Waals surface area (Å²) in [5.74, 6) is 1.47. The lowest BCUT2D eigenvalue weighted by molar-refractivity contribution is -0.122. The normalized spacial score (nSPS) is 16.2. The largest absolute Gasteiger partial charge is 0.338 e. The Balaban J connectivity index is 1.68. The van der Waals surface area contributed by atoms with Gasteiger partial charge in [0.15, 0.2) is 0 Å². The van der Waals surface area contributed by atoms with Crippen LogP contribution in [0.4, 0.5) is 0 Å². The molecule has 1 saturated carbocycles. The van der Waals surface area contributed by atoms with Gasteiger partial charge in [0.05, 0.1) is 6.42 Å². The maximum absolute atomic E-state index is 12.0. The van der Waals surface area contributed by atoms with Gasteiger partial charge in [-0.25, -0.2) is 0 Å². The highest BCUT2D eigenvalue weighted by Crippen LogP contribution is 2.26. The number of rotatable bonds is 4. The van der Waals surface area contributed by atoms with Crippen LogP contribution in [0.25, 0.3) is 11.4 Å². The molecule has 0 aliphatic heterocycles. The van der Waals surface area contributed by atoms with Crippen LogP contribution in [0, 0.1) is 5.92 Å². The first-order valence-corrected chi connectivity index (χ1v) is 7.15. The molecule has 3 rings (SSSR count). The molecule has 5 heteroatoms. The van der Waals surface area contributed by atoms with E-state index in [2.05, 4.69) is 10.1 Å². The highest BCUT2D eigenvalue weighted by molar-refractivity contribution is 7.08. The molecule has 0 aromatic carbocycles. The average molecular weight is 262 g/mol. The van der Waals surface area contributed by atoms with E-state index in [9.17, 15) is 4.79 Å². The quantitative estimate of drug-likeness (QED) is 0.849. The molecule has 1 fully saturated rings. The van der Waals surface area contributed by atoms with Crippen molar-refractivity contribution in [1.29, 1.82) is 0 Å². The summed E-state index contributed by atoms with van der Waals surface area (Å²) in [4.78, 5) is 16.3. The third-order valence-corrected chi connectivity index (χ3v) is 4.07. The van der Waals surface area contributed by atoms with E-state index in [1.807, 2.05) is 16.8 Å². The third kappa shape index (κ3) is 2.36. The van der Waals surface area contributed by atoms with Crippen molar-refractivity contribution in [1.82, 2.24) is 10.1 Å². The van der Waals surface area contributed by atoms with E-state index in [0.717, 1.165) is 18.4 Å². The van der Waals surface area contributed by atoms with Gasteiger partial charge in [0, 0.05) is 16.9 Å². The Labute approximate surface area is 109 Å². The van der Waals surface area contributed by atoms with Crippen molar-refractivity contribution in [3.05, 3.63) is 22.7 Å². The van der Waals surface area contributed by atoms with Gasteiger partial charge >= 0.3 is 0 Å². The molecule has 0 saturated heterocycles. The van der Waals surface area contributed by atoms with E-state index < -0.39 is 0 Å². The van der Waals surface area contributed by atoms with Crippen molar-refractivity contribution < 1.29 is 9.32 Å². The summed E-state index contributed by atoms with van der Waals surface area (Å²) in [6.07, 6.45) is 4.65. The van der Waals surface area contributed by atoms with Crippen LogP contribution in [0.15, 0.2) is 21.3 Å². The molecular formula is C13H14N2O2S. The second-order valence-corrected chi connectivity index (χ2v) is 5.43. The van der Waals surface area contributed by atoms with Gasteiger partial charge in [0.25, 0.3) is 0 Å². The molecule has 0 amide bonds. The van der Waals surface area contributed by atoms with Crippen LogP contribution in [0.5, 0.6) is 0 Å². The second-order valence-electron chi connectivity index (χ2n) is 4.65. The molecule has 0 N–H and O–H groups in total. The molecule has 94 valence electrons. The highest BCUT2D eigenvalue weighted by Gasteiger charge is 2.24. The summed E-state index contributed by atoms with van der Waals surface area (Å²) >= 11 is 1.59. The lowest BCUT2D eigenvalue weighted by atomic mass is 10.0. The molecule has 0 spiro atoms. The Hall–Kier alpha value is -1.49. The summed E-state index contributed by atoms with van der Waals surface area (Å²) in [5.41, 5.74) is 0.948. The first-order chi connectivity index (χ1) is 8.83. The summed E-state index contributed by atoms with van der Waals surface area (Å²) in [6.45, 7) is 0. The first kappa shape index (κ1) is 11.6. The zero-order valence-electron chi connectivity index (χ0n) is 9.96. The Bertz CT molecular complexity index is 527. The van der Waals surface area contributed by atoms with Crippen LogP contribution in [-0.2, 0) is 11.2 Å². The minimum atomic E-state index is 0.210. The number of hydrogen-bond donors (Lipinski definition) is 0. The second kappa shape index (κ2) is 5.02. The van der Waals surface area contributed by atoms with Crippen LogP contribution >= 0.6 is 11.3 Å². The Kier molecular flexibility index (Phi) is 3.23. The molecule has 4 nitrogen and oxygen atoms in total. The van der Waals surface area contributed by atoms with Crippen molar-refractivity contribution >= 4 is 17.1 Å². The zero-order valence-corrected chi connectivity index (χ0v) is 10.8. The molecule has 0 atom stereocenters. The summed E-state index contributed by atoms with van der Waals surface area (Å²) in [5, 5.41) is 7.84. The fourth-order valence-electron chi connectivity index (χ4n) is 2.38. The number of nitrogens with zero attached hydrogens (tertiary/aromatic N) is 2. The molecule has 2 heterocycles. The summed E-state index contributed by atoms with van der Waals surface area (Å²) in [6, 6.07) is 1.94. The number of carbonyl (C=O) groups excluding carboxylic acids is 1. The minimum absolute atomic E-state index is 0.210. The summed E-state index contributed by atoms with van der Waals surface area (Å²) < 4.78 is 5.14. The SMILES string of the molecule is O=C(Cc1nc(-c2ccsc2)no1)C1CCCC1. The van der Waals surface area contributed by atoms with Crippen molar-refractivity contribution in [3.8, 4) is 11.4 Å². The van der Waals surface area contributed by atoms with Crippen molar-refractivity contribution in [3.63, 3.8) is 0 Å². The highest BCUT2D eigenvalue weighted by atomic mass is 32.1. The molecular weight excluding hydrogens is 248 g/mol. The van der Waals surface area contributed by atoms with Crippen LogP contribution in [0.1, 0.15) is 31.6 Å². The van der Waals surface area contributed by atoms with Gasteiger partial charge in [0.2, 0.25) is 11.7 Å². The predicted octanol–water partition coefficient (Wildman–Crippen LogP) is 3.10. The summed E-state index contributed by atoms with van der Waals surface area (Å²) in [7, 11) is 0. The Morgan fingerprint density at radius 2 is 2.28 bits per heavy atom. The average Bonchev–Trinajstić information content (AvgIpc) is 3.12. The van der Waals surface area contributed by atoms with Gasteiger partial charge in [-0.2, -0.15) is 16.3 Å². The molecule has 2 aromatic heterocycles. The maximum Gasteiger partial charge on any atom is 0.234 e. The minimum Gasteiger partial charge on any atom is -0.338 e. The number of thiophene rings is 1. The zero-order chi connectivity index (χ0) is 12.4. The fraction of sp³-hybridized carbons (Fsp3) is 0.462. The smallest absolute Gasteiger partial charge is 0.234 e. The van der Waals surface area contributed by atoms with Crippen LogP contribution in [-0.4, -0.2) is 15.9 Å². The van der Waals surface area contributed by atoms with Gasteiger partial charge < -0.3 is 4.52 Å². The Morgan fingerprint density at radius 3 is 3.00 bits per heavy atom. The molecule has 1 aliphatic rings. The number of carbonyl (C=O) groups is 1. The van der Waals surface area contributed by atoms with E-state index in [-0.39, 0.29) is 18.1 Å². The molecule has 0 radical (unpaired) electrons. The predicted molar refractivity (Wildman–Crippen MR) is 68.3 cm³/mol. The molecule has 2 aromatic rings. The number of aromatic nitrogens is 2. The van der Waals surface area contributed by atoms with Crippen molar-refractivity contribution in [2.75, 3.05) is 0 Å². The lowest BCUT2D eigenvalue weighted by Crippen LogP contribution is -2.13. The van der Waals surface area contributed by atoms with Gasteiger partial charge in [0.1, 0.15) is 5.78 Å². The fourth-order valence-corrected chi connectivity index (χ4v) is 3.01. The lowest BCUT2D eigenvalue weighted by Gasteiger charge is -2.04. The van der Waals surface area contributed by atoms with Crippen LogP contribution in [0.2, 0.25) is 0 Å². The van der Waals surface area contributed by atoms with Gasteiger partial charge in [-0.15, -0.1) is 0 Å². The first-order valence-electron chi connectivity index (χ1n) is 6.21. The number of Topliss-reactive ketones (excluding diaryl/α,β-unsaturated/α-hetero) is 1. The van der Waals surface area contributed by atoms with Crippen LogP contribution < -0.4 is 0 Å². The standard InChI is InChI=1S/C13H14N2O2S/c16-11(9-3-1-2-4-9)7-12-14-13(15-17-12)10-5-6-18-8-10/h5-6,8-9H,1-4,7H2. The molecule has 18 heavy (non-hydrogen) atoms. The van der Waals surface area contributed by atoms with E-state index in [1.54, 1.807) is 11.3 Å². The van der Waals surface area contributed by atoms with Crippen molar-refractivity contribution in [2.24, 2.45) is 5.92 Å². The molecule has 1 aliphatic carbocycles. The van der Waals surface area contributed by atoms with Crippen molar-refractivity contribution in [2.45, 2.75) is 32.1 Å². The van der Waals surface area contributed by atoms with E-state index >= 15 is 0 Å². The van der Waals surface area contributed by atoms with E-state index in [4.69, 9.17) is 4.52 Å². The van der Waals surface area contributed by atoms with E-state index in [1.165, 1.54) is 12.8 Å².